The van der Waals surface area contributed by atoms with Crippen LogP contribution in [0.1, 0.15) is 44.2 Å². The minimum absolute atomic E-state index is 0.220. The van der Waals surface area contributed by atoms with E-state index in [4.69, 9.17) is 4.74 Å². The molecule has 2 rings (SSSR count). The molecule has 2 atom stereocenters. The third-order valence-corrected chi connectivity index (χ3v) is 4.27. The van der Waals surface area contributed by atoms with Crippen molar-refractivity contribution in [2.24, 2.45) is 0 Å². The van der Waals surface area contributed by atoms with Crippen LogP contribution in [-0.4, -0.2) is 12.1 Å². The molecular weight excluding hydrogens is 278 g/mol. The van der Waals surface area contributed by atoms with E-state index in [-0.39, 0.29) is 6.10 Å². The Labute approximate surface area is 132 Å². The lowest BCUT2D eigenvalue weighted by Gasteiger charge is -2.20. The molecule has 0 bridgehead atoms. The number of hydrogen-bond acceptors (Lipinski definition) is 3. The second-order valence-electron chi connectivity index (χ2n) is 5.81. The van der Waals surface area contributed by atoms with E-state index in [1.807, 2.05) is 25.2 Å². The van der Waals surface area contributed by atoms with Crippen molar-refractivity contribution in [3.05, 3.63) is 52.2 Å². The monoisotopic (exact) mass is 303 g/mol. The van der Waals surface area contributed by atoms with Crippen LogP contribution in [0.5, 0.6) is 5.75 Å². The van der Waals surface area contributed by atoms with Gasteiger partial charge in [-0.3, -0.25) is 0 Å². The first-order valence-corrected chi connectivity index (χ1v) is 8.47. The van der Waals surface area contributed by atoms with Crippen molar-refractivity contribution in [2.45, 2.75) is 52.3 Å². The van der Waals surface area contributed by atoms with Gasteiger partial charge < -0.3 is 10.1 Å². The van der Waals surface area contributed by atoms with Crippen LogP contribution in [0.2, 0.25) is 0 Å². The van der Waals surface area contributed by atoms with Gasteiger partial charge in [-0.1, -0.05) is 18.2 Å². The van der Waals surface area contributed by atoms with E-state index < -0.39 is 0 Å². The summed E-state index contributed by atoms with van der Waals surface area (Å²) >= 11 is 1.83. The van der Waals surface area contributed by atoms with E-state index in [2.05, 4.69) is 60.9 Å². The fourth-order valence-corrected chi connectivity index (χ4v) is 3.25. The van der Waals surface area contributed by atoms with E-state index >= 15 is 0 Å². The summed E-state index contributed by atoms with van der Waals surface area (Å²) in [6, 6.07) is 13.5. The molecule has 1 aromatic carbocycles. The molecule has 0 aliphatic heterocycles. The maximum absolute atomic E-state index is 5.68. The molecule has 114 valence electrons. The van der Waals surface area contributed by atoms with Gasteiger partial charge in [0.05, 0.1) is 6.10 Å². The largest absolute Gasteiger partial charge is 0.491 e. The van der Waals surface area contributed by atoms with Crippen LogP contribution in [0.25, 0.3) is 0 Å². The maximum atomic E-state index is 5.68. The molecule has 2 aromatic rings. The Balaban J connectivity index is 1.88. The van der Waals surface area contributed by atoms with Crippen molar-refractivity contribution >= 4 is 11.3 Å². The summed E-state index contributed by atoms with van der Waals surface area (Å²) in [4.78, 5) is 1.43. The summed E-state index contributed by atoms with van der Waals surface area (Å²) in [6.07, 6.45) is 1.30. The molecule has 0 fully saturated rings. The zero-order chi connectivity index (χ0) is 15.2. The smallest absolute Gasteiger partial charge is 0.119 e. The zero-order valence-electron chi connectivity index (χ0n) is 13.3. The molecule has 2 unspecified atom stereocenters. The highest BCUT2D eigenvalue weighted by atomic mass is 32.1. The fraction of sp³-hybridized carbons (Fsp3) is 0.444. The van der Waals surface area contributed by atoms with E-state index in [0.29, 0.717) is 12.1 Å². The molecule has 0 spiro atoms. The van der Waals surface area contributed by atoms with E-state index in [0.717, 1.165) is 12.2 Å². The van der Waals surface area contributed by atoms with Gasteiger partial charge in [-0.25, -0.2) is 0 Å². The first kappa shape index (κ1) is 16.1. The number of thiophene rings is 1. The summed E-state index contributed by atoms with van der Waals surface area (Å²) in [5, 5.41) is 5.80. The van der Waals surface area contributed by atoms with Crippen LogP contribution >= 0.6 is 11.3 Å². The number of ether oxygens (including phenoxy) is 1. The van der Waals surface area contributed by atoms with Gasteiger partial charge in [0.25, 0.3) is 0 Å². The van der Waals surface area contributed by atoms with Crippen molar-refractivity contribution in [3.8, 4) is 5.75 Å². The second-order valence-corrected chi connectivity index (χ2v) is 6.84. The lowest BCUT2D eigenvalue weighted by molar-refractivity contribution is 0.242. The summed E-state index contributed by atoms with van der Waals surface area (Å²) in [5.74, 6) is 0.938. The van der Waals surface area contributed by atoms with Gasteiger partial charge in [-0.15, -0.1) is 11.3 Å². The molecule has 3 heteroatoms. The average molecular weight is 303 g/mol. The van der Waals surface area contributed by atoms with Gasteiger partial charge in [-0.2, -0.15) is 0 Å². The van der Waals surface area contributed by atoms with Gasteiger partial charge in [0.2, 0.25) is 0 Å². The molecule has 0 radical (unpaired) electrons. The van der Waals surface area contributed by atoms with Crippen molar-refractivity contribution in [1.82, 2.24) is 5.32 Å². The van der Waals surface area contributed by atoms with Crippen LogP contribution in [0.3, 0.4) is 0 Å². The molecule has 1 aromatic heterocycles. The SMILES string of the molecule is CC(Cc1cccs1)NC(C)c1ccc(OC(C)C)cc1. The Kier molecular flexibility index (Phi) is 5.83. The Hall–Kier alpha value is -1.32. The molecule has 0 saturated heterocycles. The first-order chi connectivity index (χ1) is 10.0. The van der Waals surface area contributed by atoms with Crippen LogP contribution in [0.4, 0.5) is 0 Å². The van der Waals surface area contributed by atoms with Gasteiger partial charge in [-0.05, 0) is 63.3 Å². The van der Waals surface area contributed by atoms with Crippen molar-refractivity contribution in [1.29, 1.82) is 0 Å². The Bertz CT molecular complexity index is 519. The van der Waals surface area contributed by atoms with Gasteiger partial charge >= 0.3 is 0 Å². The van der Waals surface area contributed by atoms with Gasteiger partial charge in [0.15, 0.2) is 0 Å². The molecule has 0 saturated carbocycles. The lowest BCUT2D eigenvalue weighted by atomic mass is 10.1. The molecule has 1 heterocycles. The Morgan fingerprint density at radius 2 is 1.76 bits per heavy atom. The molecule has 0 aliphatic rings. The summed E-state index contributed by atoms with van der Waals surface area (Å²) in [6.45, 7) is 8.55. The Morgan fingerprint density at radius 3 is 2.33 bits per heavy atom. The number of hydrogen-bond donors (Lipinski definition) is 1. The summed E-state index contributed by atoms with van der Waals surface area (Å²) in [5.41, 5.74) is 1.30. The third kappa shape index (κ3) is 5.18. The van der Waals surface area contributed by atoms with Crippen molar-refractivity contribution in [3.63, 3.8) is 0 Å². The predicted octanol–water partition coefficient (Wildman–Crippen LogP) is 4.82. The first-order valence-electron chi connectivity index (χ1n) is 7.59. The summed E-state index contributed by atoms with van der Waals surface area (Å²) in [7, 11) is 0. The molecular formula is C18H25NOS. The highest BCUT2D eigenvalue weighted by molar-refractivity contribution is 7.09. The lowest BCUT2D eigenvalue weighted by Crippen LogP contribution is -2.30. The molecule has 0 aliphatic carbocycles. The van der Waals surface area contributed by atoms with E-state index in [9.17, 15) is 0 Å². The number of benzene rings is 1. The minimum atomic E-state index is 0.220. The highest BCUT2D eigenvalue weighted by Crippen LogP contribution is 2.20. The van der Waals surface area contributed by atoms with Crippen LogP contribution in [-0.2, 0) is 6.42 Å². The highest BCUT2D eigenvalue weighted by Gasteiger charge is 2.10. The quantitative estimate of drug-likeness (QED) is 0.792. The Morgan fingerprint density at radius 1 is 1.05 bits per heavy atom. The fourth-order valence-electron chi connectivity index (χ4n) is 2.42. The number of rotatable bonds is 7. The summed E-state index contributed by atoms with van der Waals surface area (Å²) < 4.78 is 5.68. The zero-order valence-corrected chi connectivity index (χ0v) is 14.1. The minimum Gasteiger partial charge on any atom is -0.491 e. The van der Waals surface area contributed by atoms with Gasteiger partial charge in [0.1, 0.15) is 5.75 Å². The van der Waals surface area contributed by atoms with Crippen molar-refractivity contribution < 1.29 is 4.74 Å². The van der Waals surface area contributed by atoms with Crippen LogP contribution < -0.4 is 10.1 Å². The van der Waals surface area contributed by atoms with Crippen molar-refractivity contribution in [2.75, 3.05) is 0 Å². The number of nitrogens with one attached hydrogen (secondary N) is 1. The van der Waals surface area contributed by atoms with Crippen LogP contribution in [0.15, 0.2) is 41.8 Å². The maximum Gasteiger partial charge on any atom is 0.119 e. The topological polar surface area (TPSA) is 21.3 Å². The predicted molar refractivity (Wildman–Crippen MR) is 91.2 cm³/mol. The second kappa shape index (κ2) is 7.62. The van der Waals surface area contributed by atoms with Crippen LogP contribution in [0, 0.1) is 0 Å². The van der Waals surface area contributed by atoms with Gasteiger partial charge in [0, 0.05) is 17.0 Å². The van der Waals surface area contributed by atoms with E-state index in [1.165, 1.54) is 10.4 Å². The van der Waals surface area contributed by atoms with E-state index in [1.54, 1.807) is 0 Å². The molecule has 0 amide bonds. The third-order valence-electron chi connectivity index (χ3n) is 3.37. The average Bonchev–Trinajstić information content (AvgIpc) is 2.91. The molecule has 2 nitrogen and oxygen atoms in total. The molecule has 1 N–H and O–H groups in total. The molecule has 21 heavy (non-hydrogen) atoms. The normalized spacial score (nSPS) is 14.1. The standard InChI is InChI=1S/C18H25NOS/c1-13(2)20-17-9-7-16(8-10-17)15(4)19-14(3)12-18-6-5-11-21-18/h5-11,13-15,19H,12H2,1-4H3.